The second kappa shape index (κ2) is 7.68. The smallest absolute Gasteiger partial charge is 0.240 e. The number of hydrogen-bond donors (Lipinski definition) is 1. The number of rotatable bonds is 5. The summed E-state index contributed by atoms with van der Waals surface area (Å²) < 4.78 is 15.2. The van der Waals surface area contributed by atoms with Crippen LogP contribution in [0.2, 0.25) is 0 Å². The average molecular weight is 419 g/mol. The van der Waals surface area contributed by atoms with Crippen molar-refractivity contribution in [3.8, 4) is 0 Å². The van der Waals surface area contributed by atoms with Crippen LogP contribution in [0.25, 0.3) is 0 Å². The molecule has 1 atom stereocenters. The lowest BCUT2D eigenvalue weighted by Gasteiger charge is -2.36. The van der Waals surface area contributed by atoms with Crippen LogP contribution in [0, 0.1) is 5.82 Å². The number of hydrazone groups is 1. The first-order valence-electron chi connectivity index (χ1n) is 8.48. The van der Waals surface area contributed by atoms with E-state index in [1.165, 1.54) is 18.0 Å². The molecule has 136 valence electrons. The molecule has 1 heterocycles. The third-order valence-corrected chi connectivity index (χ3v) is 5.18. The van der Waals surface area contributed by atoms with Crippen LogP contribution in [-0.2, 0) is 10.3 Å². The minimum atomic E-state index is -0.722. The lowest BCUT2D eigenvalue weighted by Crippen LogP contribution is -2.42. The zero-order valence-electron chi connectivity index (χ0n) is 14.5. The molecule has 0 saturated heterocycles. The number of halogens is 2. The summed E-state index contributed by atoms with van der Waals surface area (Å²) in [5.74, 6) is -0.585. The van der Waals surface area contributed by atoms with Crippen LogP contribution < -0.4 is 0 Å². The van der Waals surface area contributed by atoms with E-state index in [0.717, 1.165) is 10.0 Å². The van der Waals surface area contributed by atoms with Gasteiger partial charge in [-0.15, -0.1) is 0 Å². The van der Waals surface area contributed by atoms with Crippen molar-refractivity contribution in [3.05, 3.63) is 69.9 Å². The van der Waals surface area contributed by atoms with E-state index in [2.05, 4.69) is 21.0 Å². The van der Waals surface area contributed by atoms with Gasteiger partial charge in [0.15, 0.2) is 0 Å². The summed E-state index contributed by atoms with van der Waals surface area (Å²) in [4.78, 5) is 12.4. The number of nitrogens with zero attached hydrogens (tertiary/aromatic N) is 2. The molecule has 3 rings (SSSR count). The third kappa shape index (κ3) is 3.44. The van der Waals surface area contributed by atoms with Gasteiger partial charge in [0.1, 0.15) is 5.82 Å². The third-order valence-electron chi connectivity index (χ3n) is 4.68. The van der Waals surface area contributed by atoms with Crippen LogP contribution >= 0.6 is 15.9 Å². The van der Waals surface area contributed by atoms with Crippen molar-refractivity contribution < 1.29 is 14.3 Å². The molecule has 1 aliphatic rings. The largest absolute Gasteiger partial charge is 0.396 e. The summed E-state index contributed by atoms with van der Waals surface area (Å²) in [6.07, 6.45) is 1.45. The lowest BCUT2D eigenvalue weighted by molar-refractivity contribution is -0.135. The van der Waals surface area contributed by atoms with Crippen molar-refractivity contribution in [3.63, 3.8) is 0 Å². The number of benzene rings is 2. The summed E-state index contributed by atoms with van der Waals surface area (Å²) in [7, 11) is 0. The molecule has 2 aromatic carbocycles. The highest BCUT2D eigenvalue weighted by Crippen LogP contribution is 2.43. The number of aliphatic hydroxyl groups excluding tert-OH is 1. The van der Waals surface area contributed by atoms with Gasteiger partial charge in [-0.05, 0) is 36.6 Å². The maximum atomic E-state index is 14.4. The normalized spacial score (nSPS) is 19.5. The van der Waals surface area contributed by atoms with Gasteiger partial charge >= 0.3 is 0 Å². The zero-order valence-corrected chi connectivity index (χ0v) is 16.0. The molecule has 0 spiro atoms. The Morgan fingerprint density at radius 1 is 1.31 bits per heavy atom. The molecule has 26 heavy (non-hydrogen) atoms. The number of aliphatic hydroxyl groups is 1. The molecule has 2 aromatic rings. The van der Waals surface area contributed by atoms with Crippen LogP contribution in [-0.4, -0.2) is 28.3 Å². The van der Waals surface area contributed by atoms with E-state index in [0.29, 0.717) is 30.5 Å². The minimum Gasteiger partial charge on any atom is -0.396 e. The van der Waals surface area contributed by atoms with Gasteiger partial charge in [-0.3, -0.25) is 4.79 Å². The van der Waals surface area contributed by atoms with E-state index in [-0.39, 0.29) is 18.3 Å². The topological polar surface area (TPSA) is 52.9 Å². The molecule has 0 fully saturated rings. The fraction of sp³-hybridized carbons (Fsp3) is 0.300. The Balaban J connectivity index is 2.11. The van der Waals surface area contributed by atoms with Crippen LogP contribution in [0.15, 0.2) is 58.1 Å². The maximum absolute atomic E-state index is 14.4. The van der Waals surface area contributed by atoms with E-state index >= 15 is 0 Å². The van der Waals surface area contributed by atoms with E-state index in [4.69, 9.17) is 0 Å². The molecule has 0 aromatic heterocycles. The van der Waals surface area contributed by atoms with E-state index in [1.807, 2.05) is 30.3 Å². The highest BCUT2D eigenvalue weighted by molar-refractivity contribution is 9.10. The fourth-order valence-electron chi connectivity index (χ4n) is 3.53. The van der Waals surface area contributed by atoms with Crippen molar-refractivity contribution in [2.24, 2.45) is 5.10 Å². The average Bonchev–Trinajstić information content (AvgIpc) is 3.04. The second-order valence-electron chi connectivity index (χ2n) is 6.40. The quantitative estimate of drug-likeness (QED) is 0.790. The number of carbonyl (C=O) groups is 1. The Hall–Kier alpha value is -2.05. The molecule has 4 nitrogen and oxygen atoms in total. The molecular formula is C20H20BrFN2O2. The van der Waals surface area contributed by atoms with Gasteiger partial charge in [0, 0.05) is 30.0 Å². The summed E-state index contributed by atoms with van der Waals surface area (Å²) in [5, 5.41) is 15.3. The van der Waals surface area contributed by atoms with Gasteiger partial charge in [-0.2, -0.15) is 5.10 Å². The van der Waals surface area contributed by atoms with Gasteiger partial charge < -0.3 is 5.11 Å². The van der Waals surface area contributed by atoms with Crippen molar-refractivity contribution >= 4 is 27.5 Å². The molecule has 0 bridgehead atoms. The van der Waals surface area contributed by atoms with Gasteiger partial charge in [-0.1, -0.05) is 46.3 Å². The Kier molecular flexibility index (Phi) is 5.53. The van der Waals surface area contributed by atoms with Gasteiger partial charge in [0.25, 0.3) is 0 Å². The Morgan fingerprint density at radius 3 is 2.69 bits per heavy atom. The summed E-state index contributed by atoms with van der Waals surface area (Å²) >= 11 is 3.37. The molecule has 0 radical (unpaired) electrons. The van der Waals surface area contributed by atoms with Gasteiger partial charge in [0.2, 0.25) is 5.91 Å². The van der Waals surface area contributed by atoms with Crippen LogP contribution in [0.5, 0.6) is 0 Å². The first kappa shape index (κ1) is 18.7. The van der Waals surface area contributed by atoms with Gasteiger partial charge in [0.05, 0.1) is 11.3 Å². The van der Waals surface area contributed by atoms with Crippen molar-refractivity contribution in [1.82, 2.24) is 5.01 Å². The van der Waals surface area contributed by atoms with Crippen molar-refractivity contribution in [1.29, 1.82) is 0 Å². The lowest BCUT2D eigenvalue weighted by atomic mass is 9.80. The number of amides is 1. The van der Waals surface area contributed by atoms with E-state index in [9.17, 15) is 14.3 Å². The fourth-order valence-corrected chi connectivity index (χ4v) is 3.89. The maximum Gasteiger partial charge on any atom is 0.240 e. The molecule has 0 aliphatic carbocycles. The predicted molar refractivity (Wildman–Crippen MR) is 102 cm³/mol. The highest BCUT2D eigenvalue weighted by atomic mass is 79.9. The molecule has 1 unspecified atom stereocenters. The summed E-state index contributed by atoms with van der Waals surface area (Å²) in [6.45, 7) is 1.47. The predicted octanol–water partition coefficient (Wildman–Crippen LogP) is 4.21. The van der Waals surface area contributed by atoms with Crippen LogP contribution in [0.1, 0.15) is 37.3 Å². The molecule has 6 heteroatoms. The number of carbonyl (C=O) groups excluding carboxylic acids is 1. The monoisotopic (exact) mass is 418 g/mol. The molecule has 1 N–H and O–H groups in total. The van der Waals surface area contributed by atoms with Crippen LogP contribution in [0.4, 0.5) is 4.39 Å². The molecule has 0 saturated carbocycles. The van der Waals surface area contributed by atoms with E-state index < -0.39 is 5.54 Å². The second-order valence-corrected chi connectivity index (χ2v) is 7.32. The summed E-state index contributed by atoms with van der Waals surface area (Å²) in [6, 6.07) is 14.3. The standard InChI is InChI=1S/C20H20BrFN2O2/c1-14(26)24-20(10-5-11-25,15-6-3-2-4-7-15)13-19(23-24)17-12-16(21)8-9-18(17)22/h2-4,6-9,12,25H,5,10-11,13H2,1H3. The SMILES string of the molecule is CC(=O)N1N=C(c2cc(Br)ccc2F)CC1(CCCO)c1ccccc1. The molecule has 1 aliphatic heterocycles. The molecular weight excluding hydrogens is 399 g/mol. The first-order valence-corrected chi connectivity index (χ1v) is 9.27. The van der Waals surface area contributed by atoms with Gasteiger partial charge in [-0.25, -0.2) is 9.40 Å². The Morgan fingerprint density at radius 2 is 2.04 bits per heavy atom. The molecule has 1 amide bonds. The highest BCUT2D eigenvalue weighted by Gasteiger charge is 2.46. The van der Waals surface area contributed by atoms with Crippen molar-refractivity contribution in [2.75, 3.05) is 6.61 Å². The Bertz CT molecular complexity index is 841. The summed E-state index contributed by atoms with van der Waals surface area (Å²) in [5.41, 5.74) is 1.12. The van der Waals surface area contributed by atoms with Crippen molar-refractivity contribution in [2.45, 2.75) is 31.7 Å². The Labute approximate surface area is 160 Å². The zero-order chi connectivity index (χ0) is 18.7. The first-order chi connectivity index (χ1) is 12.5. The van der Waals surface area contributed by atoms with E-state index in [1.54, 1.807) is 12.1 Å². The number of hydrogen-bond acceptors (Lipinski definition) is 3. The van der Waals surface area contributed by atoms with Crippen LogP contribution in [0.3, 0.4) is 0 Å². The minimum absolute atomic E-state index is 0.0148.